The van der Waals surface area contributed by atoms with Gasteiger partial charge in [0.1, 0.15) is 5.65 Å². The number of para-hydroxylation sites is 1. The summed E-state index contributed by atoms with van der Waals surface area (Å²) in [4.78, 5) is 22.3. The average Bonchev–Trinajstić information content (AvgIpc) is 3.37. The molecule has 4 aromatic rings. The minimum Gasteiger partial charge on any atom is -0.367 e. The number of pyridine rings is 1. The second-order valence-corrected chi connectivity index (χ2v) is 7.13. The zero-order valence-corrected chi connectivity index (χ0v) is 15.9. The second kappa shape index (κ2) is 7.31. The number of nitrogens with zero attached hydrogens (tertiary/aromatic N) is 2. The summed E-state index contributed by atoms with van der Waals surface area (Å²) in [7, 11) is 0. The average molecular weight is 383 g/mol. The molecule has 0 bridgehead atoms. The molecule has 0 atom stereocenters. The van der Waals surface area contributed by atoms with Gasteiger partial charge in [-0.2, -0.15) is 0 Å². The third-order valence-corrected chi connectivity index (χ3v) is 5.32. The molecule has 2 aromatic heterocycles. The van der Waals surface area contributed by atoms with Crippen LogP contribution in [0.5, 0.6) is 0 Å². The summed E-state index contributed by atoms with van der Waals surface area (Å²) in [6.07, 6.45) is 4.67. The maximum atomic E-state index is 12.4. The van der Waals surface area contributed by atoms with E-state index in [2.05, 4.69) is 43.7 Å². The third-order valence-electron chi connectivity index (χ3n) is 5.32. The maximum Gasteiger partial charge on any atom is 0.323 e. The van der Waals surface area contributed by atoms with Gasteiger partial charge in [0.05, 0.1) is 0 Å². The van der Waals surface area contributed by atoms with Gasteiger partial charge in [-0.25, -0.2) is 9.78 Å². The van der Waals surface area contributed by atoms with Crippen LogP contribution in [0, 0.1) is 0 Å². The van der Waals surface area contributed by atoms with Crippen molar-refractivity contribution in [3.05, 3.63) is 84.2 Å². The standard InChI is InChI=1S/C23H21N5O/c29-23(26-17-5-2-1-3-6-17)27-20-7-4-8-21-19(20)11-14-28(21)15-16-9-12-24-22-18(16)10-13-25-22/h1-10,12-13H,11,14-15H2,(H,24,25)(H2,26,27,29). The minimum absolute atomic E-state index is 0.230. The van der Waals surface area contributed by atoms with Gasteiger partial charge in [-0.3, -0.25) is 0 Å². The first kappa shape index (κ1) is 17.3. The molecule has 0 radical (unpaired) electrons. The first-order chi connectivity index (χ1) is 14.3. The molecule has 0 saturated carbocycles. The van der Waals surface area contributed by atoms with Crippen molar-refractivity contribution in [1.82, 2.24) is 9.97 Å². The molecule has 0 unspecified atom stereocenters. The number of aromatic nitrogens is 2. The van der Waals surface area contributed by atoms with Crippen LogP contribution in [0.2, 0.25) is 0 Å². The molecule has 3 heterocycles. The molecule has 0 fully saturated rings. The number of rotatable bonds is 4. The summed E-state index contributed by atoms with van der Waals surface area (Å²) in [5, 5.41) is 7.04. The lowest BCUT2D eigenvalue weighted by Crippen LogP contribution is -2.20. The largest absolute Gasteiger partial charge is 0.367 e. The van der Waals surface area contributed by atoms with Crippen molar-refractivity contribution in [2.24, 2.45) is 0 Å². The van der Waals surface area contributed by atoms with Gasteiger partial charge in [-0.1, -0.05) is 24.3 Å². The van der Waals surface area contributed by atoms with Crippen LogP contribution in [0.1, 0.15) is 11.1 Å². The Morgan fingerprint density at radius 2 is 1.93 bits per heavy atom. The quantitative estimate of drug-likeness (QED) is 0.475. The fourth-order valence-electron chi connectivity index (χ4n) is 3.95. The molecular weight excluding hydrogens is 362 g/mol. The van der Waals surface area contributed by atoms with Crippen LogP contribution >= 0.6 is 0 Å². The van der Waals surface area contributed by atoms with Gasteiger partial charge in [0.15, 0.2) is 0 Å². The Kier molecular flexibility index (Phi) is 4.37. The number of nitrogens with one attached hydrogen (secondary N) is 3. The zero-order chi connectivity index (χ0) is 19.6. The van der Waals surface area contributed by atoms with Crippen LogP contribution in [0.3, 0.4) is 0 Å². The van der Waals surface area contributed by atoms with E-state index in [4.69, 9.17) is 0 Å². The molecule has 144 valence electrons. The van der Waals surface area contributed by atoms with Crippen LogP contribution in [-0.2, 0) is 13.0 Å². The number of hydrogen-bond acceptors (Lipinski definition) is 3. The highest BCUT2D eigenvalue weighted by Gasteiger charge is 2.23. The Morgan fingerprint density at radius 1 is 1.03 bits per heavy atom. The van der Waals surface area contributed by atoms with Gasteiger partial charge in [0.2, 0.25) is 0 Å². The topological polar surface area (TPSA) is 73.1 Å². The lowest BCUT2D eigenvalue weighted by atomic mass is 10.1. The molecule has 1 aliphatic heterocycles. The van der Waals surface area contributed by atoms with E-state index in [-0.39, 0.29) is 6.03 Å². The SMILES string of the molecule is O=C(Nc1ccccc1)Nc1cccc2c1CCN2Cc1ccnc2[nH]ccc12. The van der Waals surface area contributed by atoms with Crippen LogP contribution in [0.15, 0.2) is 73.1 Å². The number of H-pyrrole nitrogens is 1. The first-order valence-corrected chi connectivity index (χ1v) is 9.69. The van der Waals surface area contributed by atoms with E-state index in [0.29, 0.717) is 0 Å². The first-order valence-electron chi connectivity index (χ1n) is 9.69. The summed E-state index contributed by atoms with van der Waals surface area (Å²) < 4.78 is 0. The number of amides is 2. The summed E-state index contributed by atoms with van der Waals surface area (Å²) in [5.41, 5.74) is 6.13. The van der Waals surface area contributed by atoms with E-state index < -0.39 is 0 Å². The van der Waals surface area contributed by atoms with Crippen molar-refractivity contribution in [3.63, 3.8) is 0 Å². The normalized spacial score (nSPS) is 12.8. The number of carbonyl (C=O) groups excluding carboxylic acids is 1. The van der Waals surface area contributed by atoms with Crippen LogP contribution in [0.4, 0.5) is 21.9 Å². The van der Waals surface area contributed by atoms with Crippen molar-refractivity contribution in [2.45, 2.75) is 13.0 Å². The highest BCUT2D eigenvalue weighted by Crippen LogP contribution is 2.35. The van der Waals surface area contributed by atoms with Crippen LogP contribution in [0.25, 0.3) is 11.0 Å². The lowest BCUT2D eigenvalue weighted by molar-refractivity contribution is 0.262. The predicted octanol–water partition coefficient (Wildman–Crippen LogP) is 4.77. The van der Waals surface area contributed by atoms with Gasteiger partial charge in [-0.05, 0) is 48.4 Å². The van der Waals surface area contributed by atoms with E-state index in [1.165, 1.54) is 16.8 Å². The van der Waals surface area contributed by atoms with Gasteiger partial charge < -0.3 is 20.5 Å². The zero-order valence-electron chi connectivity index (χ0n) is 15.9. The fraction of sp³-hybridized carbons (Fsp3) is 0.130. The summed E-state index contributed by atoms with van der Waals surface area (Å²) in [6, 6.07) is 19.4. The summed E-state index contributed by atoms with van der Waals surface area (Å²) in [6.45, 7) is 1.73. The monoisotopic (exact) mass is 383 g/mol. The Bertz CT molecular complexity index is 1170. The number of hydrogen-bond donors (Lipinski definition) is 3. The number of aromatic amines is 1. The highest BCUT2D eigenvalue weighted by atomic mass is 16.2. The Hall–Kier alpha value is -3.80. The maximum absolute atomic E-state index is 12.4. The van der Waals surface area contributed by atoms with Crippen LogP contribution in [-0.4, -0.2) is 22.5 Å². The van der Waals surface area contributed by atoms with Crippen molar-refractivity contribution in [2.75, 3.05) is 22.1 Å². The molecular formula is C23H21N5O. The van der Waals surface area contributed by atoms with E-state index in [1.807, 2.05) is 54.9 Å². The van der Waals surface area contributed by atoms with E-state index in [1.54, 1.807) is 0 Å². The second-order valence-electron chi connectivity index (χ2n) is 7.13. The van der Waals surface area contributed by atoms with Crippen molar-refractivity contribution >= 4 is 34.1 Å². The smallest absolute Gasteiger partial charge is 0.323 e. The van der Waals surface area contributed by atoms with Crippen LogP contribution < -0.4 is 15.5 Å². The summed E-state index contributed by atoms with van der Waals surface area (Å²) in [5.74, 6) is 0. The predicted molar refractivity (Wildman–Crippen MR) is 116 cm³/mol. The molecule has 2 aromatic carbocycles. The molecule has 3 N–H and O–H groups in total. The van der Waals surface area contributed by atoms with E-state index >= 15 is 0 Å². The molecule has 5 rings (SSSR count). The van der Waals surface area contributed by atoms with Gasteiger partial charge in [-0.15, -0.1) is 0 Å². The third kappa shape index (κ3) is 3.40. The van der Waals surface area contributed by atoms with Crippen molar-refractivity contribution in [3.8, 4) is 0 Å². The molecule has 0 saturated heterocycles. The Balaban J connectivity index is 1.35. The highest BCUT2D eigenvalue weighted by molar-refractivity contribution is 6.00. The molecule has 0 spiro atoms. The number of fused-ring (bicyclic) bond motifs is 2. The number of benzene rings is 2. The molecule has 2 amide bonds. The van der Waals surface area contributed by atoms with Gasteiger partial charge in [0.25, 0.3) is 0 Å². The molecule has 6 heteroatoms. The number of urea groups is 1. The lowest BCUT2D eigenvalue weighted by Gasteiger charge is -2.20. The van der Waals surface area contributed by atoms with E-state index in [0.717, 1.165) is 41.9 Å². The van der Waals surface area contributed by atoms with Gasteiger partial charge >= 0.3 is 6.03 Å². The minimum atomic E-state index is -0.230. The number of anilines is 3. The number of carbonyl (C=O) groups is 1. The van der Waals surface area contributed by atoms with E-state index in [9.17, 15) is 4.79 Å². The molecule has 6 nitrogen and oxygen atoms in total. The molecule has 29 heavy (non-hydrogen) atoms. The fourth-order valence-corrected chi connectivity index (χ4v) is 3.95. The Morgan fingerprint density at radius 3 is 2.83 bits per heavy atom. The van der Waals surface area contributed by atoms with Crippen molar-refractivity contribution < 1.29 is 4.79 Å². The van der Waals surface area contributed by atoms with Gasteiger partial charge in [0, 0.05) is 53.5 Å². The summed E-state index contributed by atoms with van der Waals surface area (Å²) >= 11 is 0. The molecule has 0 aliphatic carbocycles. The Labute approximate surface area is 168 Å². The molecule has 1 aliphatic rings. The van der Waals surface area contributed by atoms with Crippen molar-refractivity contribution in [1.29, 1.82) is 0 Å².